The maximum atomic E-state index is 13.4. The Morgan fingerprint density at radius 1 is 1.07 bits per heavy atom. The second-order valence-corrected chi connectivity index (χ2v) is 10.5. The number of Topliss-reactive ketones (excluding diaryl/α,β-unsaturated/α-hetero) is 1. The molecular weight excluding hydrogens is 334 g/mol. The molecule has 3 nitrogen and oxygen atoms in total. The Balaban J connectivity index is 1.45. The third-order valence-electron chi connectivity index (χ3n) is 9.20. The van der Waals surface area contributed by atoms with Gasteiger partial charge in [0.15, 0.2) is 5.78 Å². The molecule has 0 spiro atoms. The first-order valence-electron chi connectivity index (χ1n) is 11.3. The second kappa shape index (κ2) is 6.20. The van der Waals surface area contributed by atoms with Crippen LogP contribution in [0.2, 0.25) is 0 Å². The number of allylic oxidation sites excluding steroid dienone is 2. The molecule has 0 radical (unpaired) electrons. The molecule has 5 rings (SSSR count). The normalized spacial score (nSPS) is 48.3. The topological polar surface area (TPSA) is 40.5 Å². The third-order valence-corrected chi connectivity index (χ3v) is 9.20. The van der Waals surface area contributed by atoms with Gasteiger partial charge in [0.1, 0.15) is 0 Å². The van der Waals surface area contributed by atoms with Gasteiger partial charge in [0.05, 0.1) is 6.10 Å². The van der Waals surface area contributed by atoms with Crippen molar-refractivity contribution in [1.29, 1.82) is 0 Å². The summed E-state index contributed by atoms with van der Waals surface area (Å²) in [6.07, 6.45) is 14.4. The number of aliphatic hydroxyl groups excluding tert-OH is 1. The molecule has 27 heavy (non-hydrogen) atoms. The molecule has 148 valence electrons. The smallest absolute Gasteiger partial charge is 0.166 e. The molecule has 0 unspecified atom stereocenters. The zero-order valence-corrected chi connectivity index (χ0v) is 17.0. The summed E-state index contributed by atoms with van der Waals surface area (Å²) in [7, 11) is 0. The van der Waals surface area contributed by atoms with Gasteiger partial charge in [0.25, 0.3) is 0 Å². The lowest BCUT2D eigenvalue weighted by atomic mass is 9.48. The van der Waals surface area contributed by atoms with Crippen molar-refractivity contribution in [3.8, 4) is 0 Å². The van der Waals surface area contributed by atoms with Gasteiger partial charge in [-0.25, -0.2) is 0 Å². The number of ketones is 1. The molecule has 4 aliphatic carbocycles. The van der Waals surface area contributed by atoms with Gasteiger partial charge in [0, 0.05) is 30.3 Å². The number of fused-ring (bicyclic) bond motifs is 5. The van der Waals surface area contributed by atoms with Crippen LogP contribution in [0.15, 0.2) is 23.4 Å². The van der Waals surface area contributed by atoms with Crippen molar-refractivity contribution in [3.63, 3.8) is 0 Å². The largest absolute Gasteiger partial charge is 0.393 e. The summed E-state index contributed by atoms with van der Waals surface area (Å²) in [5, 5.41) is 10.2. The summed E-state index contributed by atoms with van der Waals surface area (Å²) in [6, 6.07) is 0. The van der Waals surface area contributed by atoms with Crippen molar-refractivity contribution >= 4 is 5.78 Å². The second-order valence-electron chi connectivity index (χ2n) is 10.5. The molecule has 1 heterocycles. The summed E-state index contributed by atoms with van der Waals surface area (Å²) in [4.78, 5) is 15.8. The lowest BCUT2D eigenvalue weighted by Gasteiger charge is -2.56. The van der Waals surface area contributed by atoms with Crippen LogP contribution in [0.3, 0.4) is 0 Å². The van der Waals surface area contributed by atoms with Crippen LogP contribution in [0.1, 0.15) is 71.6 Å². The summed E-state index contributed by atoms with van der Waals surface area (Å²) < 4.78 is 0. The van der Waals surface area contributed by atoms with Crippen molar-refractivity contribution in [2.24, 2.45) is 28.6 Å². The predicted molar refractivity (Wildman–Crippen MR) is 107 cm³/mol. The van der Waals surface area contributed by atoms with Crippen LogP contribution >= 0.6 is 0 Å². The van der Waals surface area contributed by atoms with Crippen LogP contribution in [0.5, 0.6) is 0 Å². The highest BCUT2D eigenvalue weighted by Crippen LogP contribution is 2.64. The Kier molecular flexibility index (Phi) is 4.13. The molecule has 3 heteroatoms. The highest BCUT2D eigenvalue weighted by atomic mass is 16.3. The number of aliphatic hydroxyl groups is 1. The van der Waals surface area contributed by atoms with E-state index in [4.69, 9.17) is 0 Å². The number of hydrogen-bond acceptors (Lipinski definition) is 3. The summed E-state index contributed by atoms with van der Waals surface area (Å²) in [5.41, 5.74) is 2.75. The predicted octanol–water partition coefficient (Wildman–Crippen LogP) is 4.47. The summed E-state index contributed by atoms with van der Waals surface area (Å²) in [5.74, 6) is 2.30. The van der Waals surface area contributed by atoms with E-state index in [0.717, 1.165) is 57.2 Å². The zero-order valence-electron chi connectivity index (χ0n) is 17.0. The van der Waals surface area contributed by atoms with Gasteiger partial charge in [-0.15, -0.1) is 0 Å². The molecule has 0 amide bonds. The lowest BCUT2D eigenvalue weighted by Crippen LogP contribution is -2.50. The number of nitrogens with zero attached hydrogens (tertiary/aromatic N) is 1. The van der Waals surface area contributed by atoms with E-state index >= 15 is 0 Å². The van der Waals surface area contributed by atoms with E-state index in [1.54, 1.807) is 0 Å². The van der Waals surface area contributed by atoms with Gasteiger partial charge >= 0.3 is 0 Å². The fourth-order valence-electron chi connectivity index (χ4n) is 7.52. The maximum Gasteiger partial charge on any atom is 0.166 e. The minimum atomic E-state index is -0.141. The zero-order chi connectivity index (χ0) is 18.8. The minimum absolute atomic E-state index is 0.136. The summed E-state index contributed by atoms with van der Waals surface area (Å²) in [6.45, 7) is 6.97. The molecule has 0 aromatic carbocycles. The first-order valence-corrected chi connectivity index (χ1v) is 11.3. The molecule has 6 atom stereocenters. The van der Waals surface area contributed by atoms with E-state index in [9.17, 15) is 9.90 Å². The fourth-order valence-corrected chi connectivity index (χ4v) is 7.52. The number of carbonyl (C=O) groups is 1. The van der Waals surface area contributed by atoms with Crippen LogP contribution < -0.4 is 0 Å². The van der Waals surface area contributed by atoms with E-state index in [2.05, 4.69) is 31.0 Å². The molecule has 0 aromatic heterocycles. The van der Waals surface area contributed by atoms with Gasteiger partial charge < -0.3 is 10.0 Å². The molecule has 5 aliphatic rings. The number of likely N-dealkylation sites (tertiary alicyclic amines) is 1. The molecule has 1 N–H and O–H groups in total. The Morgan fingerprint density at radius 3 is 2.59 bits per heavy atom. The van der Waals surface area contributed by atoms with Gasteiger partial charge in [-0.3, -0.25) is 4.79 Å². The molecule has 1 saturated heterocycles. The first-order chi connectivity index (χ1) is 12.9. The fraction of sp³-hybridized carbons (Fsp3) is 0.792. The van der Waals surface area contributed by atoms with Crippen molar-refractivity contribution in [2.45, 2.75) is 77.7 Å². The van der Waals surface area contributed by atoms with E-state index < -0.39 is 0 Å². The van der Waals surface area contributed by atoms with Crippen LogP contribution in [-0.4, -0.2) is 35.0 Å². The van der Waals surface area contributed by atoms with Crippen LogP contribution in [0.4, 0.5) is 0 Å². The van der Waals surface area contributed by atoms with Gasteiger partial charge in [-0.2, -0.15) is 0 Å². The summed E-state index contributed by atoms with van der Waals surface area (Å²) >= 11 is 0. The van der Waals surface area contributed by atoms with Crippen molar-refractivity contribution in [2.75, 3.05) is 13.1 Å². The molecule has 1 aliphatic heterocycles. The monoisotopic (exact) mass is 369 g/mol. The Morgan fingerprint density at radius 2 is 1.81 bits per heavy atom. The van der Waals surface area contributed by atoms with E-state index in [1.165, 1.54) is 24.8 Å². The number of carbonyl (C=O) groups excluding carboxylic acids is 1. The number of rotatable bonds is 1. The third kappa shape index (κ3) is 2.60. The Hall–Kier alpha value is -1.09. The Labute approximate surface area is 163 Å². The lowest BCUT2D eigenvalue weighted by molar-refractivity contribution is -0.130. The van der Waals surface area contributed by atoms with Crippen molar-refractivity contribution in [1.82, 2.24) is 4.90 Å². The average Bonchev–Trinajstić information content (AvgIpc) is 3.24. The van der Waals surface area contributed by atoms with Crippen LogP contribution in [0, 0.1) is 28.6 Å². The average molecular weight is 370 g/mol. The van der Waals surface area contributed by atoms with Gasteiger partial charge in [-0.1, -0.05) is 25.5 Å². The van der Waals surface area contributed by atoms with E-state index in [0.29, 0.717) is 23.5 Å². The van der Waals surface area contributed by atoms with Crippen molar-refractivity contribution < 1.29 is 9.90 Å². The first kappa shape index (κ1) is 18.0. The van der Waals surface area contributed by atoms with E-state index in [1.807, 2.05) is 0 Å². The molecular formula is C24H35NO2. The molecule has 4 fully saturated rings. The number of hydrogen-bond donors (Lipinski definition) is 1. The molecule has 3 saturated carbocycles. The standard InChI is InChI=1S/C24H35NO2/c1-23-9-7-18(26)14-17(23)5-6-19-20(23)8-10-24(2)21(19)13-16(22(24)27)15-25-11-3-4-12-25/h5,15,18-21,26H,3-4,6-14H2,1-2H3/b16-15+/t18-,19+,20-,21-,23-,24-/m0/s1. The quantitative estimate of drug-likeness (QED) is 0.548. The SMILES string of the molecule is C[C@]12CC[C@H](O)CC1=CC[C@@H]1[C@@H]2CC[C@]2(C)C(=O)/C(=C/N3CCCC3)C[C@@H]12. The van der Waals surface area contributed by atoms with Crippen LogP contribution in [-0.2, 0) is 4.79 Å². The highest BCUT2D eigenvalue weighted by molar-refractivity contribution is 6.02. The molecule has 0 bridgehead atoms. The Bertz CT molecular complexity index is 703. The van der Waals surface area contributed by atoms with Crippen LogP contribution in [0.25, 0.3) is 0 Å². The minimum Gasteiger partial charge on any atom is -0.393 e. The van der Waals surface area contributed by atoms with E-state index in [-0.39, 0.29) is 16.9 Å². The van der Waals surface area contributed by atoms with Gasteiger partial charge in [-0.05, 0) is 81.0 Å². The highest BCUT2D eigenvalue weighted by Gasteiger charge is 2.59. The molecule has 0 aromatic rings. The van der Waals surface area contributed by atoms with Crippen molar-refractivity contribution in [3.05, 3.63) is 23.4 Å². The maximum absolute atomic E-state index is 13.4. The van der Waals surface area contributed by atoms with Gasteiger partial charge in [0.2, 0.25) is 0 Å².